The summed E-state index contributed by atoms with van der Waals surface area (Å²) in [5.41, 5.74) is 1.62. The van der Waals surface area contributed by atoms with Crippen molar-refractivity contribution >= 4 is 5.69 Å². The Morgan fingerprint density at radius 1 is 1.48 bits per heavy atom. The Bertz CT molecular complexity index is 715. The maximum absolute atomic E-state index is 10.9. The van der Waals surface area contributed by atoms with Crippen molar-refractivity contribution in [2.24, 2.45) is 0 Å². The summed E-state index contributed by atoms with van der Waals surface area (Å²) in [5.74, 6) is 0.216. The van der Waals surface area contributed by atoms with Crippen LogP contribution in [-0.2, 0) is 6.54 Å². The highest BCUT2D eigenvalue weighted by Gasteiger charge is 2.18. The van der Waals surface area contributed by atoms with E-state index < -0.39 is 4.92 Å². The molecule has 7 nitrogen and oxygen atoms in total. The number of nitro groups is 1. The van der Waals surface area contributed by atoms with Crippen LogP contribution >= 0.6 is 0 Å². The average molecular weight is 286 g/mol. The molecule has 21 heavy (non-hydrogen) atoms. The molecule has 0 aliphatic rings. The molecule has 1 aromatic heterocycles. The van der Waals surface area contributed by atoms with Gasteiger partial charge in [0, 0.05) is 11.8 Å². The number of nitrogens with zero attached hydrogens (tertiary/aromatic N) is 4. The molecule has 2 aromatic rings. The smallest absolute Gasteiger partial charge is 0.290 e. The van der Waals surface area contributed by atoms with Crippen molar-refractivity contribution in [2.45, 2.75) is 20.4 Å². The second-order valence-corrected chi connectivity index (χ2v) is 4.52. The Labute approximate surface area is 121 Å². The van der Waals surface area contributed by atoms with Gasteiger partial charge in [0.25, 0.3) is 5.69 Å². The van der Waals surface area contributed by atoms with E-state index >= 15 is 0 Å². The zero-order valence-corrected chi connectivity index (χ0v) is 11.7. The topological polar surface area (TPSA) is 94.0 Å². The van der Waals surface area contributed by atoms with Gasteiger partial charge in [0.05, 0.1) is 17.2 Å². The minimum Gasteiger partial charge on any atom is -0.490 e. The van der Waals surface area contributed by atoms with E-state index in [4.69, 9.17) is 10.00 Å². The summed E-state index contributed by atoms with van der Waals surface area (Å²) < 4.78 is 7.29. The number of benzene rings is 1. The van der Waals surface area contributed by atoms with Crippen LogP contribution in [0, 0.1) is 35.3 Å². The lowest BCUT2D eigenvalue weighted by atomic mass is 10.2. The summed E-state index contributed by atoms with van der Waals surface area (Å²) in [6.07, 6.45) is 0. The van der Waals surface area contributed by atoms with Crippen LogP contribution in [0.2, 0.25) is 0 Å². The zero-order chi connectivity index (χ0) is 15.4. The maximum atomic E-state index is 10.9. The summed E-state index contributed by atoms with van der Waals surface area (Å²) in [6.45, 7) is 4.62. The maximum Gasteiger partial charge on any atom is 0.290 e. The van der Waals surface area contributed by atoms with Crippen LogP contribution in [0.25, 0.3) is 0 Å². The molecular formula is C14H14N4O3. The van der Waals surface area contributed by atoms with Gasteiger partial charge in [0.1, 0.15) is 18.4 Å². The summed E-state index contributed by atoms with van der Waals surface area (Å²) in [4.78, 5) is 10.3. The van der Waals surface area contributed by atoms with Gasteiger partial charge in [0.15, 0.2) is 5.56 Å². The van der Waals surface area contributed by atoms with Crippen LogP contribution in [-0.4, -0.2) is 21.3 Å². The van der Waals surface area contributed by atoms with Gasteiger partial charge in [-0.2, -0.15) is 10.4 Å². The molecule has 0 spiro atoms. The fraction of sp³-hybridized carbons (Fsp3) is 0.286. The van der Waals surface area contributed by atoms with Gasteiger partial charge in [-0.3, -0.25) is 14.8 Å². The Morgan fingerprint density at radius 3 is 2.81 bits per heavy atom. The van der Waals surface area contributed by atoms with E-state index in [2.05, 4.69) is 5.10 Å². The lowest BCUT2D eigenvalue weighted by Gasteiger charge is -2.09. The molecule has 0 saturated heterocycles. The summed E-state index contributed by atoms with van der Waals surface area (Å²) in [5, 5.41) is 24.2. The molecule has 0 atom stereocenters. The predicted molar refractivity (Wildman–Crippen MR) is 75.0 cm³/mol. The lowest BCUT2D eigenvalue weighted by Crippen LogP contribution is -2.11. The van der Waals surface area contributed by atoms with E-state index in [0.717, 1.165) is 11.4 Å². The molecule has 108 valence electrons. The molecule has 0 bridgehead atoms. The molecule has 2 rings (SSSR count). The highest BCUT2D eigenvalue weighted by Crippen LogP contribution is 2.27. The van der Waals surface area contributed by atoms with Crippen LogP contribution in [0.3, 0.4) is 0 Å². The van der Waals surface area contributed by atoms with Gasteiger partial charge in [-0.25, -0.2) is 0 Å². The van der Waals surface area contributed by atoms with Crippen LogP contribution in [0.5, 0.6) is 5.75 Å². The zero-order valence-electron chi connectivity index (χ0n) is 11.7. The third-order valence-corrected chi connectivity index (χ3v) is 2.98. The minimum atomic E-state index is -0.591. The monoisotopic (exact) mass is 286 g/mol. The molecular weight excluding hydrogens is 272 g/mol. The van der Waals surface area contributed by atoms with Gasteiger partial charge < -0.3 is 4.74 Å². The number of nitro benzene ring substituents is 1. The van der Waals surface area contributed by atoms with Crippen LogP contribution in [0.1, 0.15) is 17.0 Å². The summed E-state index contributed by atoms with van der Waals surface area (Å²) in [6, 6.07) is 8.10. The fourth-order valence-corrected chi connectivity index (χ4v) is 2.05. The van der Waals surface area contributed by atoms with Crippen molar-refractivity contribution in [3.63, 3.8) is 0 Å². The van der Waals surface area contributed by atoms with E-state index in [0.29, 0.717) is 6.54 Å². The average Bonchev–Trinajstić information content (AvgIpc) is 2.76. The van der Waals surface area contributed by atoms with Crippen molar-refractivity contribution in [2.75, 3.05) is 6.61 Å². The van der Waals surface area contributed by atoms with Gasteiger partial charge in [-0.05, 0) is 26.0 Å². The molecule has 1 aromatic carbocycles. The lowest BCUT2D eigenvalue weighted by molar-refractivity contribution is -0.385. The Kier molecular flexibility index (Phi) is 4.18. The predicted octanol–water partition coefficient (Wildman–Crippen LogP) is 2.36. The summed E-state index contributed by atoms with van der Waals surface area (Å²) >= 11 is 0. The molecule has 0 aliphatic heterocycles. The molecule has 1 heterocycles. The first kappa shape index (κ1) is 14.5. The van der Waals surface area contributed by atoms with E-state index in [-0.39, 0.29) is 23.6 Å². The molecule has 0 unspecified atom stereocenters. The summed E-state index contributed by atoms with van der Waals surface area (Å²) in [7, 11) is 0. The van der Waals surface area contributed by atoms with Gasteiger partial charge >= 0.3 is 0 Å². The Morgan fingerprint density at radius 2 is 2.24 bits per heavy atom. The highest BCUT2D eigenvalue weighted by atomic mass is 16.6. The Balaban J connectivity index is 2.10. The van der Waals surface area contributed by atoms with E-state index in [1.807, 2.05) is 26.0 Å². The first-order valence-electron chi connectivity index (χ1n) is 6.34. The minimum absolute atomic E-state index is 0.0594. The van der Waals surface area contributed by atoms with Crippen molar-refractivity contribution in [3.8, 4) is 11.8 Å². The van der Waals surface area contributed by atoms with E-state index in [1.54, 1.807) is 10.7 Å². The number of hydrogen-bond donors (Lipinski definition) is 0. The first-order chi connectivity index (χ1) is 10.0. The number of hydrogen-bond acceptors (Lipinski definition) is 5. The normalized spacial score (nSPS) is 10.1. The first-order valence-corrected chi connectivity index (χ1v) is 6.34. The van der Waals surface area contributed by atoms with Crippen molar-refractivity contribution in [3.05, 3.63) is 51.3 Å². The quantitative estimate of drug-likeness (QED) is 0.621. The molecule has 0 fully saturated rings. The molecule has 0 N–H and O–H groups in total. The SMILES string of the molecule is Cc1cc(C)n(CCOc2cccc([N+](=O)[O-])c2C#N)n1. The van der Waals surface area contributed by atoms with E-state index in [1.165, 1.54) is 12.1 Å². The van der Waals surface area contributed by atoms with Crippen LogP contribution < -0.4 is 4.74 Å². The van der Waals surface area contributed by atoms with Crippen LogP contribution in [0.15, 0.2) is 24.3 Å². The Hall–Kier alpha value is -2.88. The molecule has 0 aliphatic carbocycles. The number of ether oxygens (including phenoxy) is 1. The van der Waals surface area contributed by atoms with Crippen molar-refractivity contribution < 1.29 is 9.66 Å². The third kappa shape index (κ3) is 3.17. The number of aromatic nitrogens is 2. The van der Waals surface area contributed by atoms with E-state index in [9.17, 15) is 10.1 Å². The van der Waals surface area contributed by atoms with Gasteiger partial charge in [-0.15, -0.1) is 0 Å². The van der Waals surface area contributed by atoms with Gasteiger partial charge in [0.2, 0.25) is 0 Å². The molecule has 0 radical (unpaired) electrons. The molecule has 7 heteroatoms. The number of rotatable bonds is 5. The van der Waals surface area contributed by atoms with Gasteiger partial charge in [-0.1, -0.05) is 6.07 Å². The van der Waals surface area contributed by atoms with Crippen molar-refractivity contribution in [1.82, 2.24) is 9.78 Å². The van der Waals surface area contributed by atoms with Crippen molar-refractivity contribution in [1.29, 1.82) is 5.26 Å². The third-order valence-electron chi connectivity index (χ3n) is 2.98. The second-order valence-electron chi connectivity index (χ2n) is 4.52. The number of aryl methyl sites for hydroxylation is 2. The highest BCUT2D eigenvalue weighted by molar-refractivity contribution is 5.56. The fourth-order valence-electron chi connectivity index (χ4n) is 2.05. The standard InChI is InChI=1S/C14H14N4O3/c1-10-8-11(2)17(16-10)6-7-21-14-5-3-4-13(18(19)20)12(14)9-15/h3-5,8H,6-7H2,1-2H3. The largest absolute Gasteiger partial charge is 0.490 e. The van der Waals surface area contributed by atoms with Crippen LogP contribution in [0.4, 0.5) is 5.69 Å². The number of nitriles is 1. The molecule has 0 amide bonds. The molecule has 0 saturated carbocycles. The second kappa shape index (κ2) is 6.05.